The molecule has 1 aliphatic heterocycles. The Morgan fingerprint density at radius 2 is 2.40 bits per heavy atom. The molecule has 1 N–H and O–H groups in total. The summed E-state index contributed by atoms with van der Waals surface area (Å²) in [4.78, 5) is 11.5. The van der Waals surface area contributed by atoms with Crippen LogP contribution in [0.25, 0.3) is 0 Å². The summed E-state index contributed by atoms with van der Waals surface area (Å²) in [6, 6.07) is 0. The van der Waals surface area contributed by atoms with E-state index in [-0.39, 0.29) is 12.1 Å². The van der Waals surface area contributed by atoms with Gasteiger partial charge in [0.15, 0.2) is 0 Å². The van der Waals surface area contributed by atoms with Gasteiger partial charge in [0, 0.05) is 5.57 Å². The SMILES string of the molecule is CCCC[C@H]1OC(=O)C2=C1[C@H](O)CC=C2. The summed E-state index contributed by atoms with van der Waals surface area (Å²) in [6.45, 7) is 2.10. The summed E-state index contributed by atoms with van der Waals surface area (Å²) in [5.41, 5.74) is 1.38. The van der Waals surface area contributed by atoms with Crippen LogP contribution in [0.4, 0.5) is 0 Å². The Kier molecular flexibility index (Phi) is 2.91. The molecule has 0 spiro atoms. The average Bonchev–Trinajstić information content (AvgIpc) is 2.55. The van der Waals surface area contributed by atoms with Crippen molar-refractivity contribution in [2.45, 2.75) is 44.8 Å². The van der Waals surface area contributed by atoms with E-state index < -0.39 is 6.10 Å². The molecule has 15 heavy (non-hydrogen) atoms. The van der Waals surface area contributed by atoms with E-state index in [1.807, 2.05) is 6.08 Å². The topological polar surface area (TPSA) is 46.5 Å². The van der Waals surface area contributed by atoms with Crippen LogP contribution in [0.5, 0.6) is 0 Å². The van der Waals surface area contributed by atoms with Crippen LogP contribution in [0.15, 0.2) is 23.3 Å². The van der Waals surface area contributed by atoms with Crippen LogP contribution in [0, 0.1) is 0 Å². The largest absolute Gasteiger partial charge is 0.454 e. The number of rotatable bonds is 3. The van der Waals surface area contributed by atoms with Gasteiger partial charge in [0.2, 0.25) is 0 Å². The molecular weight excluding hydrogens is 192 g/mol. The van der Waals surface area contributed by atoms with E-state index in [1.54, 1.807) is 6.08 Å². The molecule has 0 bridgehead atoms. The molecule has 2 aliphatic rings. The zero-order valence-electron chi connectivity index (χ0n) is 8.90. The fourth-order valence-corrected chi connectivity index (χ4v) is 2.15. The number of hydrogen-bond acceptors (Lipinski definition) is 3. The van der Waals surface area contributed by atoms with Crippen LogP contribution in [0.3, 0.4) is 0 Å². The quantitative estimate of drug-likeness (QED) is 0.718. The molecule has 0 aromatic heterocycles. The maximum atomic E-state index is 11.5. The molecule has 82 valence electrons. The van der Waals surface area contributed by atoms with E-state index in [0.29, 0.717) is 12.0 Å². The van der Waals surface area contributed by atoms with Gasteiger partial charge in [-0.05, 0) is 19.3 Å². The van der Waals surface area contributed by atoms with Crippen molar-refractivity contribution in [1.29, 1.82) is 0 Å². The lowest BCUT2D eigenvalue weighted by molar-refractivity contribution is -0.139. The van der Waals surface area contributed by atoms with Gasteiger partial charge in [-0.3, -0.25) is 0 Å². The van der Waals surface area contributed by atoms with Crippen molar-refractivity contribution in [3.8, 4) is 0 Å². The Morgan fingerprint density at radius 1 is 1.60 bits per heavy atom. The van der Waals surface area contributed by atoms with Gasteiger partial charge in [0.05, 0.1) is 11.7 Å². The maximum absolute atomic E-state index is 11.5. The Hall–Kier alpha value is -1.09. The number of ether oxygens (including phenoxy) is 1. The highest BCUT2D eigenvalue weighted by molar-refractivity contribution is 5.95. The van der Waals surface area contributed by atoms with E-state index in [0.717, 1.165) is 24.8 Å². The third-order valence-corrected chi connectivity index (χ3v) is 2.95. The Bertz CT molecular complexity index is 328. The molecule has 0 unspecified atom stereocenters. The summed E-state index contributed by atoms with van der Waals surface area (Å²) in [6.07, 6.45) is 6.40. The number of esters is 1. The lowest BCUT2D eigenvalue weighted by Crippen LogP contribution is -2.21. The third-order valence-electron chi connectivity index (χ3n) is 2.95. The minimum atomic E-state index is -0.529. The Morgan fingerprint density at radius 3 is 3.13 bits per heavy atom. The minimum Gasteiger partial charge on any atom is -0.454 e. The highest BCUT2D eigenvalue weighted by atomic mass is 16.5. The number of unbranched alkanes of at least 4 members (excludes halogenated alkanes) is 1. The minimum absolute atomic E-state index is 0.188. The Balaban J connectivity index is 2.19. The van der Waals surface area contributed by atoms with E-state index in [2.05, 4.69) is 6.92 Å². The molecular formula is C12H16O3. The molecule has 3 nitrogen and oxygen atoms in total. The highest BCUT2D eigenvalue weighted by Crippen LogP contribution is 2.33. The van der Waals surface area contributed by atoms with Gasteiger partial charge in [0.25, 0.3) is 0 Å². The van der Waals surface area contributed by atoms with Crippen LogP contribution in [-0.4, -0.2) is 23.3 Å². The second kappa shape index (κ2) is 4.19. The molecule has 0 amide bonds. The summed E-state index contributed by atoms with van der Waals surface area (Å²) in [5.74, 6) is -0.277. The zero-order valence-corrected chi connectivity index (χ0v) is 8.90. The predicted molar refractivity (Wildman–Crippen MR) is 56.2 cm³/mol. The van der Waals surface area contributed by atoms with Gasteiger partial charge in [-0.2, -0.15) is 0 Å². The van der Waals surface area contributed by atoms with Gasteiger partial charge in [-0.25, -0.2) is 4.79 Å². The first-order valence-corrected chi connectivity index (χ1v) is 5.53. The average molecular weight is 208 g/mol. The number of carbonyl (C=O) groups excluding carboxylic acids is 1. The molecule has 0 aromatic carbocycles. The molecule has 0 radical (unpaired) electrons. The first-order valence-electron chi connectivity index (χ1n) is 5.53. The molecule has 1 heterocycles. The van der Waals surface area contributed by atoms with Crippen molar-refractivity contribution in [3.63, 3.8) is 0 Å². The first kappa shape index (κ1) is 10.4. The van der Waals surface area contributed by atoms with E-state index >= 15 is 0 Å². The van der Waals surface area contributed by atoms with E-state index in [9.17, 15) is 9.90 Å². The first-order chi connectivity index (χ1) is 7.24. The summed E-state index contributed by atoms with van der Waals surface area (Å²) in [7, 11) is 0. The second-order valence-corrected chi connectivity index (χ2v) is 4.06. The summed E-state index contributed by atoms with van der Waals surface area (Å²) >= 11 is 0. The predicted octanol–water partition coefficient (Wildman–Crippen LogP) is 1.72. The second-order valence-electron chi connectivity index (χ2n) is 4.06. The van der Waals surface area contributed by atoms with Gasteiger partial charge >= 0.3 is 5.97 Å². The molecule has 2 rings (SSSR count). The highest BCUT2D eigenvalue weighted by Gasteiger charge is 2.37. The lowest BCUT2D eigenvalue weighted by Gasteiger charge is -2.19. The van der Waals surface area contributed by atoms with Gasteiger partial charge in [-0.15, -0.1) is 0 Å². The van der Waals surface area contributed by atoms with Crippen LogP contribution in [-0.2, 0) is 9.53 Å². The molecule has 0 fully saturated rings. The van der Waals surface area contributed by atoms with Crippen molar-refractivity contribution in [3.05, 3.63) is 23.3 Å². The maximum Gasteiger partial charge on any atom is 0.338 e. The van der Waals surface area contributed by atoms with Crippen molar-refractivity contribution >= 4 is 5.97 Å². The standard InChI is InChI=1S/C12H16O3/c1-2-3-7-10-11-8(12(14)15-10)5-4-6-9(11)13/h4-5,9-10,13H,2-3,6-7H2,1H3/t9-,10-/m1/s1. The third kappa shape index (κ3) is 1.84. The van der Waals surface area contributed by atoms with Gasteiger partial charge in [0.1, 0.15) is 6.10 Å². The van der Waals surface area contributed by atoms with Crippen molar-refractivity contribution in [2.24, 2.45) is 0 Å². The van der Waals surface area contributed by atoms with Crippen LogP contribution < -0.4 is 0 Å². The number of cyclic esters (lactones) is 1. The Labute approximate surface area is 89.4 Å². The zero-order chi connectivity index (χ0) is 10.8. The van der Waals surface area contributed by atoms with Gasteiger partial charge in [-0.1, -0.05) is 25.5 Å². The number of aliphatic hydroxyl groups excluding tert-OH is 1. The summed E-state index contributed by atoms with van der Waals surface area (Å²) < 4.78 is 5.26. The van der Waals surface area contributed by atoms with E-state index in [1.165, 1.54) is 0 Å². The molecule has 2 atom stereocenters. The van der Waals surface area contributed by atoms with Crippen molar-refractivity contribution < 1.29 is 14.6 Å². The number of hydrogen-bond donors (Lipinski definition) is 1. The summed E-state index contributed by atoms with van der Waals surface area (Å²) in [5, 5.41) is 9.83. The molecule has 3 heteroatoms. The molecule has 0 saturated carbocycles. The van der Waals surface area contributed by atoms with Crippen LogP contribution in [0.1, 0.15) is 32.6 Å². The normalized spacial score (nSPS) is 29.3. The number of carbonyl (C=O) groups is 1. The van der Waals surface area contributed by atoms with Crippen LogP contribution >= 0.6 is 0 Å². The molecule has 0 aromatic rings. The number of aliphatic hydroxyl groups is 1. The molecule has 0 saturated heterocycles. The fraction of sp³-hybridized carbons (Fsp3) is 0.583. The smallest absolute Gasteiger partial charge is 0.338 e. The van der Waals surface area contributed by atoms with E-state index in [4.69, 9.17) is 4.74 Å². The fourth-order valence-electron chi connectivity index (χ4n) is 2.15. The molecule has 1 aliphatic carbocycles. The lowest BCUT2D eigenvalue weighted by atomic mass is 9.91. The van der Waals surface area contributed by atoms with Crippen molar-refractivity contribution in [1.82, 2.24) is 0 Å². The van der Waals surface area contributed by atoms with Crippen molar-refractivity contribution in [2.75, 3.05) is 0 Å². The van der Waals surface area contributed by atoms with Gasteiger partial charge < -0.3 is 9.84 Å². The monoisotopic (exact) mass is 208 g/mol. The van der Waals surface area contributed by atoms with Crippen LogP contribution in [0.2, 0.25) is 0 Å².